The second kappa shape index (κ2) is 40.3. The molecule has 18 nitrogen and oxygen atoms in total. The van der Waals surface area contributed by atoms with Gasteiger partial charge in [0.1, 0.15) is 17.5 Å². The summed E-state index contributed by atoms with van der Waals surface area (Å²) in [5.74, 6) is 1.22. The van der Waals surface area contributed by atoms with E-state index in [0.717, 1.165) is 73.3 Å². The third-order valence-electron chi connectivity index (χ3n) is 22.0. The summed E-state index contributed by atoms with van der Waals surface area (Å²) in [5.41, 5.74) is 25.2. The number of thiophene rings is 2. The summed E-state index contributed by atoms with van der Waals surface area (Å²) in [5, 5.41) is 7.45. The monoisotopic (exact) mass is 1830 g/mol. The van der Waals surface area contributed by atoms with Gasteiger partial charge in [0.2, 0.25) is 0 Å². The van der Waals surface area contributed by atoms with Gasteiger partial charge in [0.05, 0.1) is 88.1 Å². The molecule has 122 heavy (non-hydrogen) atoms. The minimum Gasteiger partial charge on any atom is -0.330 e. The number of benzene rings is 10. The Morgan fingerprint density at radius 1 is 0.385 bits per heavy atom. The molecular formula is C98H100Br2Cl2N12O6S2. The number of rotatable bonds is 27. The van der Waals surface area contributed by atoms with Crippen LogP contribution in [0.5, 0.6) is 0 Å². The van der Waals surface area contributed by atoms with E-state index in [9.17, 15) is 28.8 Å². The number of aryl methyl sites for hydroxylation is 3. The minimum absolute atomic E-state index is 0.0323. The van der Waals surface area contributed by atoms with Gasteiger partial charge in [-0.3, -0.25) is 42.5 Å². The first-order chi connectivity index (χ1) is 58.7. The Morgan fingerprint density at radius 3 is 1.06 bits per heavy atom. The molecule has 6 N–H and O–H groups in total. The third-order valence-corrected chi connectivity index (χ3v) is 26.0. The first kappa shape index (κ1) is 89.4. The summed E-state index contributed by atoms with van der Waals surface area (Å²) < 4.78 is 8.03. The average Bonchev–Trinajstić information content (AvgIpc) is 0.826. The van der Waals surface area contributed by atoms with Crippen LogP contribution in [-0.4, -0.2) is 100 Å². The van der Waals surface area contributed by atoms with Crippen molar-refractivity contribution in [1.82, 2.24) is 43.4 Å². The maximum atomic E-state index is 14.4. The molecule has 0 fully saturated rings. The van der Waals surface area contributed by atoms with Crippen LogP contribution in [0.15, 0.2) is 248 Å². The minimum atomic E-state index is -0.485. The number of nitrogens with zero attached hydrogens (tertiary/aromatic N) is 9. The number of amides is 3. The van der Waals surface area contributed by atoms with Gasteiger partial charge in [-0.1, -0.05) is 221 Å². The molecule has 5 heterocycles. The molecule has 0 saturated carbocycles. The van der Waals surface area contributed by atoms with E-state index in [1.165, 1.54) is 22.7 Å². The van der Waals surface area contributed by atoms with Gasteiger partial charge in [0.25, 0.3) is 34.4 Å². The Balaban J connectivity index is 0.000000158. The lowest BCUT2D eigenvalue weighted by Crippen LogP contribution is -2.42. The van der Waals surface area contributed by atoms with Crippen molar-refractivity contribution in [2.24, 2.45) is 35.0 Å². The van der Waals surface area contributed by atoms with Crippen LogP contribution in [0.2, 0.25) is 8.67 Å². The molecule has 15 aromatic rings. The van der Waals surface area contributed by atoms with Crippen molar-refractivity contribution in [2.45, 2.75) is 119 Å². The van der Waals surface area contributed by atoms with Gasteiger partial charge in [0, 0.05) is 46.1 Å². The zero-order valence-corrected chi connectivity index (χ0v) is 76.2. The van der Waals surface area contributed by atoms with Crippen molar-refractivity contribution in [1.29, 1.82) is 0 Å². The second-order valence-electron chi connectivity index (χ2n) is 31.9. The molecule has 0 spiro atoms. The molecule has 628 valence electrons. The predicted octanol–water partition coefficient (Wildman–Crippen LogP) is 21.2. The van der Waals surface area contributed by atoms with E-state index in [1.54, 1.807) is 13.7 Å². The summed E-state index contributed by atoms with van der Waals surface area (Å²) >= 11 is 22.9. The molecule has 3 atom stereocenters. The lowest BCUT2D eigenvalue weighted by atomic mass is 9.98. The Morgan fingerprint density at radius 2 is 0.705 bits per heavy atom. The number of hydrogen-bond acceptors (Lipinski definition) is 14. The summed E-state index contributed by atoms with van der Waals surface area (Å²) in [6.45, 7) is 22.0. The first-order valence-electron chi connectivity index (χ1n) is 41.2. The Labute approximate surface area is 745 Å². The van der Waals surface area contributed by atoms with Gasteiger partial charge in [0.15, 0.2) is 0 Å². The number of carbonyl (C=O) groups is 3. The highest BCUT2D eigenvalue weighted by Gasteiger charge is 2.37. The van der Waals surface area contributed by atoms with E-state index >= 15 is 0 Å². The van der Waals surface area contributed by atoms with E-state index in [4.69, 9.17) is 55.4 Å². The van der Waals surface area contributed by atoms with Crippen molar-refractivity contribution < 1.29 is 14.4 Å². The van der Waals surface area contributed by atoms with E-state index < -0.39 is 18.1 Å². The van der Waals surface area contributed by atoms with Crippen LogP contribution in [0.1, 0.15) is 159 Å². The van der Waals surface area contributed by atoms with Crippen molar-refractivity contribution in [3.8, 4) is 0 Å². The molecule has 0 aliphatic heterocycles. The fourth-order valence-electron chi connectivity index (χ4n) is 15.9. The van der Waals surface area contributed by atoms with Crippen LogP contribution in [-0.2, 0) is 19.6 Å². The molecule has 3 unspecified atom stereocenters. The van der Waals surface area contributed by atoms with Crippen LogP contribution in [0.25, 0.3) is 65.0 Å². The van der Waals surface area contributed by atoms with Crippen LogP contribution in [0.3, 0.4) is 0 Å². The van der Waals surface area contributed by atoms with E-state index in [2.05, 4.69) is 73.4 Å². The molecule has 5 aromatic heterocycles. The van der Waals surface area contributed by atoms with Gasteiger partial charge >= 0.3 is 0 Å². The van der Waals surface area contributed by atoms with Crippen LogP contribution < -0.4 is 33.9 Å². The maximum Gasteiger partial charge on any atom is 0.261 e. The quantitative estimate of drug-likeness (QED) is 0.0407. The normalized spacial score (nSPS) is 12.3. The highest BCUT2D eigenvalue weighted by Crippen LogP contribution is 2.40. The highest BCUT2D eigenvalue weighted by atomic mass is 79.9. The number of carbonyl (C=O) groups excluding carboxylic acids is 3. The zero-order chi connectivity index (χ0) is 86.7. The lowest BCUT2D eigenvalue weighted by Gasteiger charge is -2.35. The van der Waals surface area contributed by atoms with Crippen LogP contribution in [0, 0.1) is 38.5 Å². The highest BCUT2D eigenvalue weighted by molar-refractivity contribution is 9.11. The zero-order valence-electron chi connectivity index (χ0n) is 69.8. The summed E-state index contributed by atoms with van der Waals surface area (Å²) in [6.07, 6.45) is 1.88. The van der Waals surface area contributed by atoms with Crippen molar-refractivity contribution >= 4 is 160 Å². The molecule has 3 amide bonds. The second-order valence-corrected chi connectivity index (χ2v) is 37.1. The number of hydrogen-bond donors (Lipinski definition) is 3. The first-order valence-corrected chi connectivity index (χ1v) is 45.2. The molecule has 10 aromatic carbocycles. The standard InChI is InChI=1S/C34H35BrN4O2.C32H32BrClN4O2S.C32H33ClN4O2S/c1-22(2)31(38(19-9-18-36)33(40)25-16-14-23(3)15-17-25)32-37-30-28(20-26-12-7-8-13-27(26)29(30)35)34(41)39(32)21-24-10-5-4-6-11-24;1-19(2)29(37(16-6-15-35)31(39)21-11-9-20(3)10-12-21)30-36-28-25(17-22-7-4-5-8-24(22)27(28)33)32(40)38(30)18-23-13-14-26(34)41-23;1-20(2)29(36(16-6-15-34)31(38)22-11-9-21(3)10-12-22)30-35-27-18-24-8-5-4-7-23(24)17-26(27)32(39)37(30)19-25-13-14-28(33)40-25/h4-8,10-17,20,22,31H,9,18-19,21,36H2,1-3H3;4-5,7-14,17,19,29H,6,15-16,18,35H2,1-3H3;4-5,7-14,17-18,20,29H,6,15-16,19,34H2,1-3H3. The van der Waals surface area contributed by atoms with E-state index in [-0.39, 0.29) is 52.2 Å². The Hall–Kier alpha value is -10.4. The summed E-state index contributed by atoms with van der Waals surface area (Å²) in [4.78, 5) is 108. The smallest absolute Gasteiger partial charge is 0.261 e. The van der Waals surface area contributed by atoms with Crippen molar-refractivity contribution in [2.75, 3.05) is 39.3 Å². The third kappa shape index (κ3) is 20.0. The van der Waals surface area contributed by atoms with Crippen LogP contribution in [0.4, 0.5) is 0 Å². The largest absolute Gasteiger partial charge is 0.330 e. The number of aromatic nitrogens is 6. The maximum absolute atomic E-state index is 14.4. The van der Waals surface area contributed by atoms with Gasteiger partial charge in [-0.15, -0.1) is 22.7 Å². The fourth-order valence-corrected chi connectivity index (χ4v) is 19.3. The van der Waals surface area contributed by atoms with Gasteiger partial charge in [-0.2, -0.15) is 0 Å². The number of nitrogens with two attached hydrogens (primary N) is 3. The molecule has 0 aliphatic carbocycles. The number of halogens is 4. The molecule has 0 radical (unpaired) electrons. The molecule has 0 bridgehead atoms. The molecular weight excluding hydrogens is 1740 g/mol. The van der Waals surface area contributed by atoms with Crippen molar-refractivity contribution in [3.05, 3.63) is 339 Å². The van der Waals surface area contributed by atoms with E-state index in [1.807, 2.05) is 260 Å². The average molecular weight is 1840 g/mol. The topological polar surface area (TPSA) is 244 Å². The Kier molecular flexibility index (Phi) is 29.5. The SMILES string of the molecule is Cc1ccc(C(=O)N(CCCN)C(c2nc3c(Br)c4ccccc4cc3c(=O)n2Cc2ccc(Cl)s2)C(C)C)cc1.Cc1ccc(C(=O)N(CCCN)C(c2nc3c(Br)c4ccccc4cc3c(=O)n2Cc2ccccc2)C(C)C)cc1.Cc1ccc(C(=O)N(CCCN)C(c2nc3cc4ccccc4cc3c(=O)n2Cc2ccc(Cl)s2)C(C)C)cc1. The van der Waals surface area contributed by atoms with E-state index in [0.29, 0.717) is 154 Å². The van der Waals surface area contributed by atoms with Gasteiger partial charge in [-0.05, 0) is 232 Å². The Bertz CT molecular complexity index is 6500. The summed E-state index contributed by atoms with van der Waals surface area (Å²) in [7, 11) is 0. The predicted molar refractivity (Wildman–Crippen MR) is 509 cm³/mol. The molecule has 0 saturated heterocycles. The number of fused-ring (bicyclic) bond motifs is 6. The van der Waals surface area contributed by atoms with Gasteiger partial charge < -0.3 is 31.9 Å². The molecule has 24 heteroatoms. The van der Waals surface area contributed by atoms with Crippen molar-refractivity contribution in [3.63, 3.8) is 0 Å². The van der Waals surface area contributed by atoms with Crippen LogP contribution >= 0.6 is 77.7 Å². The summed E-state index contributed by atoms with van der Waals surface area (Å²) in [6, 6.07) is 70.3. The molecule has 0 aliphatic rings. The molecule has 15 rings (SSSR count). The lowest BCUT2D eigenvalue weighted by molar-refractivity contribution is 0.0596. The fraction of sp³-hybridized carbons (Fsp3) is 0.276. The van der Waals surface area contributed by atoms with Gasteiger partial charge in [-0.25, -0.2) is 15.0 Å².